The molecule has 5 N–H and O–H groups in total. The average Bonchev–Trinajstić information content (AvgIpc) is 3.35. The number of nitrogens with one attached hydrogen (secondary N) is 5. The van der Waals surface area contributed by atoms with Gasteiger partial charge in [0.2, 0.25) is 0 Å². The first-order valence-electron chi connectivity index (χ1n) is 27.1. The summed E-state index contributed by atoms with van der Waals surface area (Å²) in [5, 5.41) is 15.6. The molecule has 0 heterocycles. The highest BCUT2D eigenvalue weighted by atomic mass is 16.1. The molecule has 0 fully saturated rings. The molecule has 0 bridgehead atoms. The minimum absolute atomic E-state index is 0.203. The van der Waals surface area contributed by atoms with Crippen molar-refractivity contribution >= 4 is 28.9 Å². The van der Waals surface area contributed by atoms with Crippen LogP contribution in [0.3, 0.4) is 0 Å². The van der Waals surface area contributed by atoms with Crippen LogP contribution in [-0.2, 0) is 24.0 Å². The van der Waals surface area contributed by atoms with E-state index in [1.807, 2.05) is 92.5 Å². The van der Waals surface area contributed by atoms with Crippen molar-refractivity contribution in [1.82, 2.24) is 26.6 Å². The van der Waals surface area contributed by atoms with Gasteiger partial charge in [-0.1, -0.05) is 81.9 Å². The lowest BCUT2D eigenvalue weighted by Gasteiger charge is -2.31. The van der Waals surface area contributed by atoms with Crippen molar-refractivity contribution in [2.24, 2.45) is 0 Å². The van der Waals surface area contributed by atoms with Gasteiger partial charge in [0.25, 0.3) is 0 Å². The molecule has 10 nitrogen and oxygen atoms in total. The number of rotatable bonds is 41. The van der Waals surface area contributed by atoms with Crippen LogP contribution in [0.5, 0.6) is 0 Å². The Morgan fingerprint density at radius 1 is 0.324 bits per heavy atom. The van der Waals surface area contributed by atoms with Crippen LogP contribution in [0.2, 0.25) is 0 Å². The Hall–Kier alpha value is -3.41. The summed E-state index contributed by atoms with van der Waals surface area (Å²) in [5.74, 6) is 1.14. The van der Waals surface area contributed by atoms with E-state index in [0.717, 1.165) is 122 Å². The molecule has 0 aliphatic rings. The maximum Gasteiger partial charge on any atom is 0.149 e. The number of hydrogen-bond donors (Lipinski definition) is 5. The van der Waals surface area contributed by atoms with Crippen LogP contribution in [0.25, 0.3) is 0 Å². The Labute approximate surface area is 439 Å². The van der Waals surface area contributed by atoms with Gasteiger partial charge in [0.05, 0.1) is 27.7 Å². The molecule has 10 heteroatoms. The molecule has 71 heavy (non-hydrogen) atoms. The highest BCUT2D eigenvalue weighted by molar-refractivity contribution is 5.87. The number of likely N-dealkylation sites (N-methyl/N-ethyl adjacent to an activating group) is 5. The third kappa shape index (κ3) is 37.1. The molecule has 414 valence electrons. The largest absolute Gasteiger partial charge is 0.308 e. The first-order chi connectivity index (χ1) is 33.4. The molecule has 4 atom stereocenters. The molecule has 0 saturated carbocycles. The van der Waals surface area contributed by atoms with Gasteiger partial charge >= 0.3 is 0 Å². The number of unbranched alkanes of at least 4 members (excludes halogenated alkanes) is 12. The molecule has 0 aromatic rings. The summed E-state index contributed by atoms with van der Waals surface area (Å²) in [6.07, 6.45) is 37.6. The number of carbonyl (C=O) groups is 5. The highest BCUT2D eigenvalue weighted by Crippen LogP contribution is 2.24. The quantitative estimate of drug-likeness (QED) is 0.0296. The molecule has 0 amide bonds. The average molecular weight is 999 g/mol. The molecular formula is C61H115N5O5. The predicted molar refractivity (Wildman–Crippen MR) is 312 cm³/mol. The number of ketones is 5. The van der Waals surface area contributed by atoms with Crippen LogP contribution in [0.1, 0.15) is 223 Å². The van der Waals surface area contributed by atoms with Gasteiger partial charge in [-0.25, -0.2) is 0 Å². The van der Waals surface area contributed by atoms with E-state index in [2.05, 4.69) is 73.0 Å². The summed E-state index contributed by atoms with van der Waals surface area (Å²) in [4.78, 5) is 57.2. The minimum atomic E-state index is -0.344. The first-order valence-corrected chi connectivity index (χ1v) is 27.1. The van der Waals surface area contributed by atoms with Gasteiger partial charge in [0.15, 0.2) is 0 Å². The second kappa shape index (κ2) is 47.6. The predicted octanol–water partition coefficient (Wildman–Crippen LogP) is 13.6. The zero-order chi connectivity index (χ0) is 55.8. The number of allylic oxidation sites excluding steroid dienone is 6. The number of Topliss-reactive ketones (excluding diaryl/α,β-unsaturated/α-hetero) is 5. The first kappa shape index (κ1) is 76.5. The molecule has 0 spiro atoms. The van der Waals surface area contributed by atoms with E-state index in [4.69, 9.17) is 0 Å². The van der Waals surface area contributed by atoms with E-state index >= 15 is 0 Å². The van der Waals surface area contributed by atoms with Gasteiger partial charge < -0.3 is 26.6 Å². The molecule has 0 aromatic heterocycles. The zero-order valence-corrected chi connectivity index (χ0v) is 48.9. The lowest BCUT2D eigenvalue weighted by Crippen LogP contribution is -2.49. The van der Waals surface area contributed by atoms with Crippen LogP contribution in [0.4, 0.5) is 0 Å². The lowest BCUT2D eigenvalue weighted by atomic mass is 9.84. The molecule has 0 aliphatic carbocycles. The van der Waals surface area contributed by atoms with E-state index in [1.54, 1.807) is 34.6 Å². The molecule has 0 aromatic carbocycles. The Balaban J connectivity index is -0.000000257. The summed E-state index contributed by atoms with van der Waals surface area (Å²) < 4.78 is 0. The Bertz CT molecular complexity index is 1420. The molecular weight excluding hydrogens is 883 g/mol. The summed E-state index contributed by atoms with van der Waals surface area (Å²) in [7, 11) is 9.29. The van der Waals surface area contributed by atoms with Crippen molar-refractivity contribution in [2.45, 2.75) is 251 Å². The van der Waals surface area contributed by atoms with Crippen molar-refractivity contribution in [3.8, 4) is 0 Å². The Kier molecular flexibility index (Phi) is 51.3. The summed E-state index contributed by atoms with van der Waals surface area (Å²) >= 11 is 0. The number of carbonyl (C=O) groups excluding carboxylic acids is 5. The fraction of sp³-hybridized carbons (Fsp3) is 0.721. The molecule has 0 saturated heterocycles. The minimum Gasteiger partial charge on any atom is -0.308 e. The van der Waals surface area contributed by atoms with Crippen molar-refractivity contribution in [3.05, 3.63) is 75.9 Å². The lowest BCUT2D eigenvalue weighted by molar-refractivity contribution is -0.124. The smallest absolute Gasteiger partial charge is 0.149 e. The van der Waals surface area contributed by atoms with Gasteiger partial charge in [0, 0.05) is 0 Å². The van der Waals surface area contributed by atoms with E-state index < -0.39 is 0 Å². The third-order valence-corrected chi connectivity index (χ3v) is 14.7. The summed E-state index contributed by atoms with van der Waals surface area (Å²) in [6.45, 7) is 38.4. The fourth-order valence-corrected chi connectivity index (χ4v) is 7.90. The molecule has 0 rings (SSSR count). The second-order valence-electron chi connectivity index (χ2n) is 19.8. The van der Waals surface area contributed by atoms with Crippen LogP contribution >= 0.6 is 0 Å². The van der Waals surface area contributed by atoms with Crippen molar-refractivity contribution in [3.63, 3.8) is 0 Å². The maximum absolute atomic E-state index is 11.8. The van der Waals surface area contributed by atoms with E-state index in [1.165, 1.54) is 38.5 Å². The number of hydrogen-bond acceptors (Lipinski definition) is 10. The van der Waals surface area contributed by atoms with E-state index in [9.17, 15) is 24.0 Å². The Morgan fingerprint density at radius 2 is 0.549 bits per heavy atom. The topological polar surface area (TPSA) is 146 Å². The maximum atomic E-state index is 11.8. The van der Waals surface area contributed by atoms with Crippen LogP contribution in [0.15, 0.2) is 75.9 Å². The van der Waals surface area contributed by atoms with Gasteiger partial charge in [-0.15, -0.1) is 39.5 Å². The van der Waals surface area contributed by atoms with E-state index in [-0.39, 0.29) is 56.6 Å². The van der Waals surface area contributed by atoms with Crippen molar-refractivity contribution in [1.29, 1.82) is 0 Å². The van der Waals surface area contributed by atoms with Gasteiger partial charge in [-0.05, 0) is 213 Å². The third-order valence-electron chi connectivity index (χ3n) is 14.7. The fourth-order valence-electron chi connectivity index (χ4n) is 7.90. The summed E-state index contributed by atoms with van der Waals surface area (Å²) in [6, 6.07) is 0. The monoisotopic (exact) mass is 998 g/mol. The normalized spacial score (nSPS) is 14.0. The SMILES string of the molecule is C=CCCCC(CCCC=C)(NC)C(C)=O.C=CCCCCCC[C@@](CC)(NC)C(C)=O.C=CCCCCCC[C@](C)(NC)C(C)=O.C=CCCC[C@@](C)(NC)C(C)=O.C=CCCC[C@](C)(NC)C(C)=O. The van der Waals surface area contributed by atoms with Crippen molar-refractivity contribution in [2.75, 3.05) is 35.2 Å². The standard InChI is InChI=1S/C14H27NO.C14H25NO.C13H25NO.2C10H19NO/c1-5-7-8-9-10-11-12-14(6-2,15-4)13(3)16;1-5-7-9-11-14(15-4,13(3)16)12-10-8-6-2;1-5-6-7-8-9-10-11-13(3,14-4)12(2)15;2*1-5-6-7-8-10(3,11-4)9(2)12/h5,15H,1,6-12H2,2-4H3;5-6,15H,1-2,7-12H2,3-4H3;5,14H,1,6-11H2,2-4H3;2*5,11H,1,6-8H2,2-4H3/t14-;;13-;2*10-/m1.010/s1. The van der Waals surface area contributed by atoms with Crippen LogP contribution < -0.4 is 26.6 Å². The van der Waals surface area contributed by atoms with Gasteiger partial charge in [-0.2, -0.15) is 0 Å². The van der Waals surface area contributed by atoms with Crippen molar-refractivity contribution < 1.29 is 24.0 Å². The highest BCUT2D eigenvalue weighted by Gasteiger charge is 2.33. The van der Waals surface area contributed by atoms with E-state index in [0.29, 0.717) is 0 Å². The molecule has 0 aliphatic heterocycles. The van der Waals surface area contributed by atoms with Gasteiger partial charge in [-0.3, -0.25) is 24.0 Å². The second-order valence-corrected chi connectivity index (χ2v) is 19.8. The van der Waals surface area contributed by atoms with Gasteiger partial charge in [0.1, 0.15) is 28.9 Å². The molecule has 0 radical (unpaired) electrons. The van der Waals surface area contributed by atoms with Crippen LogP contribution in [0, 0.1) is 0 Å². The Morgan fingerprint density at radius 3 is 0.775 bits per heavy atom. The summed E-state index contributed by atoms with van der Waals surface area (Å²) in [5.41, 5.74) is -1.63. The van der Waals surface area contributed by atoms with Crippen LogP contribution in [-0.4, -0.2) is 91.8 Å². The zero-order valence-electron chi connectivity index (χ0n) is 48.9. The molecule has 0 unspecified atom stereocenters.